The van der Waals surface area contributed by atoms with Crippen molar-refractivity contribution in [3.8, 4) is 0 Å². The second kappa shape index (κ2) is 7.15. The third kappa shape index (κ3) is 4.73. The van der Waals surface area contributed by atoms with Crippen LogP contribution in [0.3, 0.4) is 0 Å². The Morgan fingerprint density at radius 3 is 2.88 bits per heavy atom. The van der Waals surface area contributed by atoms with E-state index in [1.165, 1.54) is 0 Å². The molecule has 2 unspecified atom stereocenters. The van der Waals surface area contributed by atoms with Gasteiger partial charge < -0.3 is 5.32 Å². The lowest BCUT2D eigenvalue weighted by Gasteiger charge is -2.16. The monoisotopic (exact) mass is 258 g/mol. The second-order valence-electron chi connectivity index (χ2n) is 3.94. The van der Waals surface area contributed by atoms with Crippen molar-refractivity contribution in [3.05, 3.63) is 23.4 Å². The third-order valence-corrected chi connectivity index (χ3v) is 3.94. The molecule has 0 bridgehead atoms. The van der Waals surface area contributed by atoms with Crippen molar-refractivity contribution in [2.45, 2.75) is 43.5 Å². The highest BCUT2D eigenvalue weighted by Gasteiger charge is 2.09. The zero-order valence-electron chi connectivity index (χ0n) is 10.0. The van der Waals surface area contributed by atoms with Gasteiger partial charge in [-0.15, -0.1) is 11.8 Å². The van der Waals surface area contributed by atoms with E-state index in [9.17, 15) is 0 Å². The van der Waals surface area contributed by atoms with Crippen LogP contribution >= 0.6 is 23.4 Å². The highest BCUT2D eigenvalue weighted by Crippen LogP contribution is 2.27. The Bertz CT molecular complexity index is 320. The van der Waals surface area contributed by atoms with Crippen LogP contribution in [0.4, 0.5) is 0 Å². The van der Waals surface area contributed by atoms with Crippen molar-refractivity contribution in [2.75, 3.05) is 6.54 Å². The number of halogens is 1. The van der Waals surface area contributed by atoms with Crippen LogP contribution in [-0.4, -0.2) is 22.8 Å². The molecule has 0 fully saturated rings. The van der Waals surface area contributed by atoms with E-state index in [0.29, 0.717) is 11.3 Å². The summed E-state index contributed by atoms with van der Waals surface area (Å²) in [6.45, 7) is 7.55. The molecule has 0 aliphatic carbocycles. The number of pyridine rings is 1. The summed E-state index contributed by atoms with van der Waals surface area (Å²) >= 11 is 7.77. The lowest BCUT2D eigenvalue weighted by atomic mass is 10.2. The Kier molecular flexibility index (Phi) is 6.17. The van der Waals surface area contributed by atoms with Crippen molar-refractivity contribution >= 4 is 23.4 Å². The standard InChI is InChI=1S/C12H19ClN2S/c1-4-9(2)15-8-10(3)16-12-11(13)6-5-7-14-12/h5-7,9-10,15H,4,8H2,1-3H3. The van der Waals surface area contributed by atoms with Gasteiger partial charge in [0.15, 0.2) is 0 Å². The zero-order valence-corrected chi connectivity index (χ0v) is 11.6. The second-order valence-corrected chi connectivity index (χ2v) is 5.77. The lowest BCUT2D eigenvalue weighted by molar-refractivity contribution is 0.537. The summed E-state index contributed by atoms with van der Waals surface area (Å²) in [5.74, 6) is 0. The van der Waals surface area contributed by atoms with Crippen LogP contribution in [0.5, 0.6) is 0 Å². The van der Waals surface area contributed by atoms with Crippen LogP contribution in [0.25, 0.3) is 0 Å². The van der Waals surface area contributed by atoms with Crippen molar-refractivity contribution in [3.63, 3.8) is 0 Å². The van der Waals surface area contributed by atoms with Gasteiger partial charge in [-0.05, 0) is 25.5 Å². The van der Waals surface area contributed by atoms with Gasteiger partial charge in [0, 0.05) is 24.0 Å². The van der Waals surface area contributed by atoms with Crippen LogP contribution in [0.15, 0.2) is 23.4 Å². The molecule has 90 valence electrons. The van der Waals surface area contributed by atoms with Crippen molar-refractivity contribution in [2.24, 2.45) is 0 Å². The summed E-state index contributed by atoms with van der Waals surface area (Å²) in [4.78, 5) is 4.27. The van der Waals surface area contributed by atoms with E-state index in [0.717, 1.165) is 23.0 Å². The zero-order chi connectivity index (χ0) is 12.0. The first kappa shape index (κ1) is 13.8. The largest absolute Gasteiger partial charge is 0.313 e. The number of aromatic nitrogens is 1. The minimum Gasteiger partial charge on any atom is -0.313 e. The van der Waals surface area contributed by atoms with Crippen LogP contribution in [-0.2, 0) is 0 Å². The summed E-state index contributed by atoms with van der Waals surface area (Å²) in [6.07, 6.45) is 2.94. The SMILES string of the molecule is CCC(C)NCC(C)Sc1ncccc1Cl. The Balaban J connectivity index is 2.40. The highest BCUT2D eigenvalue weighted by atomic mass is 35.5. The Morgan fingerprint density at radius 2 is 2.25 bits per heavy atom. The topological polar surface area (TPSA) is 24.9 Å². The Labute approximate surface area is 107 Å². The molecule has 0 aliphatic heterocycles. The number of nitrogens with zero attached hydrogens (tertiary/aromatic N) is 1. The molecule has 0 amide bonds. The molecule has 0 radical (unpaired) electrons. The number of thioether (sulfide) groups is 1. The maximum absolute atomic E-state index is 6.05. The van der Waals surface area contributed by atoms with Gasteiger partial charge >= 0.3 is 0 Å². The quantitative estimate of drug-likeness (QED) is 0.790. The van der Waals surface area contributed by atoms with Gasteiger partial charge in [0.2, 0.25) is 0 Å². The molecule has 0 spiro atoms. The normalized spacial score (nSPS) is 14.8. The number of hydrogen-bond acceptors (Lipinski definition) is 3. The fraction of sp³-hybridized carbons (Fsp3) is 0.583. The molecule has 2 nitrogen and oxygen atoms in total. The summed E-state index contributed by atoms with van der Waals surface area (Å²) in [6, 6.07) is 4.31. The van der Waals surface area contributed by atoms with Gasteiger partial charge in [-0.25, -0.2) is 4.98 Å². The van der Waals surface area contributed by atoms with Gasteiger partial charge in [0.05, 0.1) is 5.02 Å². The van der Waals surface area contributed by atoms with Crippen LogP contribution in [0.1, 0.15) is 27.2 Å². The van der Waals surface area contributed by atoms with Crippen molar-refractivity contribution in [1.29, 1.82) is 0 Å². The van der Waals surface area contributed by atoms with Gasteiger partial charge in [0.1, 0.15) is 5.03 Å². The van der Waals surface area contributed by atoms with E-state index in [4.69, 9.17) is 11.6 Å². The van der Waals surface area contributed by atoms with E-state index in [1.54, 1.807) is 18.0 Å². The van der Waals surface area contributed by atoms with E-state index >= 15 is 0 Å². The fourth-order valence-corrected chi connectivity index (χ4v) is 2.32. The van der Waals surface area contributed by atoms with E-state index in [2.05, 4.69) is 31.1 Å². The van der Waals surface area contributed by atoms with Gasteiger partial charge in [-0.3, -0.25) is 0 Å². The molecule has 16 heavy (non-hydrogen) atoms. The number of rotatable bonds is 6. The van der Waals surface area contributed by atoms with Crippen molar-refractivity contribution in [1.82, 2.24) is 10.3 Å². The lowest BCUT2D eigenvalue weighted by Crippen LogP contribution is -2.30. The minimum absolute atomic E-state index is 0.474. The maximum atomic E-state index is 6.05. The van der Waals surface area contributed by atoms with Gasteiger partial charge in [0.25, 0.3) is 0 Å². The molecule has 1 aromatic heterocycles. The average molecular weight is 259 g/mol. The minimum atomic E-state index is 0.474. The molecule has 0 aromatic carbocycles. The van der Waals surface area contributed by atoms with E-state index in [-0.39, 0.29) is 0 Å². The van der Waals surface area contributed by atoms with Gasteiger partial charge in [-0.2, -0.15) is 0 Å². The molecule has 1 aromatic rings. The predicted molar refractivity (Wildman–Crippen MR) is 72.3 cm³/mol. The average Bonchev–Trinajstić information content (AvgIpc) is 2.29. The molecule has 0 saturated heterocycles. The van der Waals surface area contributed by atoms with Crippen LogP contribution in [0.2, 0.25) is 5.02 Å². The summed E-state index contributed by atoms with van der Waals surface area (Å²) in [5.41, 5.74) is 0. The number of hydrogen-bond donors (Lipinski definition) is 1. The molecule has 1 N–H and O–H groups in total. The predicted octanol–water partition coefficient (Wildman–Crippen LogP) is 3.60. The molecule has 0 saturated carbocycles. The molecule has 1 rings (SSSR count). The molecular weight excluding hydrogens is 240 g/mol. The molecular formula is C12H19ClN2S. The van der Waals surface area contributed by atoms with E-state index in [1.807, 2.05) is 12.1 Å². The number of nitrogens with one attached hydrogen (secondary N) is 1. The molecule has 0 aliphatic rings. The summed E-state index contributed by atoms with van der Waals surface area (Å²) in [7, 11) is 0. The highest BCUT2D eigenvalue weighted by molar-refractivity contribution is 8.00. The molecule has 2 atom stereocenters. The summed E-state index contributed by atoms with van der Waals surface area (Å²) < 4.78 is 0. The molecule has 1 heterocycles. The fourth-order valence-electron chi connectivity index (χ4n) is 1.20. The summed E-state index contributed by atoms with van der Waals surface area (Å²) in [5, 5.41) is 5.61. The van der Waals surface area contributed by atoms with Gasteiger partial charge in [-0.1, -0.05) is 25.4 Å². The first-order chi connectivity index (χ1) is 7.63. The Hall–Kier alpha value is -0.250. The Morgan fingerprint density at radius 1 is 1.50 bits per heavy atom. The first-order valence-corrected chi connectivity index (χ1v) is 6.89. The molecule has 4 heteroatoms. The third-order valence-electron chi connectivity index (χ3n) is 2.40. The first-order valence-electron chi connectivity index (χ1n) is 5.64. The maximum Gasteiger partial charge on any atom is 0.115 e. The van der Waals surface area contributed by atoms with Crippen LogP contribution < -0.4 is 5.32 Å². The van der Waals surface area contributed by atoms with Crippen LogP contribution in [0, 0.1) is 0 Å². The van der Waals surface area contributed by atoms with Crippen molar-refractivity contribution < 1.29 is 0 Å². The van der Waals surface area contributed by atoms with E-state index < -0.39 is 0 Å². The smallest absolute Gasteiger partial charge is 0.115 e.